The zero-order valence-corrected chi connectivity index (χ0v) is 13.3. The van der Waals surface area contributed by atoms with Gasteiger partial charge in [-0.2, -0.15) is 0 Å². The Hall–Kier alpha value is -0.770. The number of amides is 1. The molecule has 1 aliphatic heterocycles. The van der Waals surface area contributed by atoms with Crippen LogP contribution in [0.25, 0.3) is 0 Å². The van der Waals surface area contributed by atoms with E-state index in [9.17, 15) is 4.79 Å². The Morgan fingerprint density at radius 1 is 1.42 bits per heavy atom. The Morgan fingerprint density at radius 3 is 2.53 bits per heavy atom. The molecular formula is C15H30N2O2. The third-order valence-electron chi connectivity index (χ3n) is 3.72. The maximum absolute atomic E-state index is 12.3. The summed E-state index contributed by atoms with van der Waals surface area (Å²) in [7, 11) is 1.97. The van der Waals surface area contributed by atoms with Crippen molar-refractivity contribution in [3.8, 4) is 0 Å². The molecule has 19 heavy (non-hydrogen) atoms. The van der Waals surface area contributed by atoms with Gasteiger partial charge < -0.3 is 15.0 Å². The van der Waals surface area contributed by atoms with Crippen LogP contribution in [0.3, 0.4) is 0 Å². The van der Waals surface area contributed by atoms with Gasteiger partial charge in [-0.1, -0.05) is 13.8 Å². The van der Waals surface area contributed by atoms with E-state index in [1.165, 1.54) is 0 Å². The van der Waals surface area contributed by atoms with Crippen molar-refractivity contribution < 1.29 is 9.53 Å². The molecule has 0 bridgehead atoms. The second-order valence-corrected chi connectivity index (χ2v) is 6.85. The molecule has 4 heteroatoms. The Kier molecular flexibility index (Phi) is 5.65. The Balaban J connectivity index is 2.74. The van der Waals surface area contributed by atoms with Gasteiger partial charge in [-0.05, 0) is 59.0 Å². The molecule has 0 aromatic rings. The van der Waals surface area contributed by atoms with Crippen LogP contribution in [0.15, 0.2) is 0 Å². The molecule has 1 fully saturated rings. The fourth-order valence-electron chi connectivity index (χ4n) is 2.84. The minimum Gasteiger partial charge on any atom is -0.444 e. The molecule has 1 saturated heterocycles. The summed E-state index contributed by atoms with van der Waals surface area (Å²) >= 11 is 0. The number of carbonyl (C=O) groups is 1. The number of nitrogens with zero attached hydrogens (tertiary/aromatic N) is 1. The Morgan fingerprint density at radius 2 is 2.05 bits per heavy atom. The first-order valence-electron chi connectivity index (χ1n) is 7.40. The van der Waals surface area contributed by atoms with Crippen molar-refractivity contribution in [2.24, 2.45) is 11.8 Å². The van der Waals surface area contributed by atoms with Crippen molar-refractivity contribution in [1.29, 1.82) is 0 Å². The van der Waals surface area contributed by atoms with Crippen molar-refractivity contribution in [2.45, 2.75) is 59.1 Å². The minimum atomic E-state index is -0.416. The number of carbonyl (C=O) groups excluding carboxylic acids is 1. The van der Waals surface area contributed by atoms with Gasteiger partial charge in [-0.3, -0.25) is 0 Å². The normalized spacial score (nSPS) is 21.8. The molecule has 1 N–H and O–H groups in total. The maximum Gasteiger partial charge on any atom is 0.410 e. The summed E-state index contributed by atoms with van der Waals surface area (Å²) in [6, 6.07) is 0.308. The van der Waals surface area contributed by atoms with Crippen molar-refractivity contribution >= 4 is 6.09 Å². The number of hydrogen-bond acceptors (Lipinski definition) is 3. The number of ether oxygens (including phenoxy) is 1. The lowest BCUT2D eigenvalue weighted by Crippen LogP contribution is -2.46. The van der Waals surface area contributed by atoms with Crippen LogP contribution in [0.4, 0.5) is 4.79 Å². The van der Waals surface area contributed by atoms with E-state index < -0.39 is 5.60 Å². The topological polar surface area (TPSA) is 41.6 Å². The van der Waals surface area contributed by atoms with Crippen LogP contribution in [0.2, 0.25) is 0 Å². The monoisotopic (exact) mass is 270 g/mol. The van der Waals surface area contributed by atoms with Gasteiger partial charge >= 0.3 is 6.09 Å². The predicted octanol–water partition coefficient (Wildman–Crippen LogP) is 2.88. The van der Waals surface area contributed by atoms with Gasteiger partial charge in [0.05, 0.1) is 0 Å². The lowest BCUT2D eigenvalue weighted by atomic mass is 9.87. The first-order valence-corrected chi connectivity index (χ1v) is 7.40. The van der Waals surface area contributed by atoms with Crippen molar-refractivity contribution in [2.75, 3.05) is 20.1 Å². The zero-order chi connectivity index (χ0) is 14.6. The SMILES string of the molecule is CNCC(C(C)C)C1CCCN1C(=O)OC(C)(C)C. The van der Waals surface area contributed by atoms with Gasteiger partial charge in [0.15, 0.2) is 0 Å². The fourth-order valence-corrected chi connectivity index (χ4v) is 2.84. The smallest absolute Gasteiger partial charge is 0.410 e. The standard InChI is InChI=1S/C15H30N2O2/c1-11(2)12(10-16-6)13-8-7-9-17(13)14(18)19-15(3,4)5/h11-13,16H,7-10H2,1-6H3. The first-order chi connectivity index (χ1) is 8.76. The van der Waals surface area contributed by atoms with E-state index >= 15 is 0 Å². The van der Waals surface area contributed by atoms with E-state index in [0.717, 1.165) is 25.9 Å². The zero-order valence-electron chi connectivity index (χ0n) is 13.3. The molecule has 1 amide bonds. The van der Waals surface area contributed by atoms with Gasteiger partial charge in [0.25, 0.3) is 0 Å². The fraction of sp³-hybridized carbons (Fsp3) is 0.933. The van der Waals surface area contributed by atoms with Gasteiger partial charge in [-0.15, -0.1) is 0 Å². The highest BCUT2D eigenvalue weighted by molar-refractivity contribution is 5.69. The molecule has 0 aromatic heterocycles. The van der Waals surface area contributed by atoms with Gasteiger partial charge in [-0.25, -0.2) is 4.79 Å². The van der Waals surface area contributed by atoms with Crippen LogP contribution in [0.5, 0.6) is 0 Å². The minimum absolute atomic E-state index is 0.156. The highest BCUT2D eigenvalue weighted by Crippen LogP contribution is 2.29. The molecule has 2 atom stereocenters. The molecule has 0 radical (unpaired) electrons. The summed E-state index contributed by atoms with van der Waals surface area (Å²) in [6.07, 6.45) is 2.01. The maximum atomic E-state index is 12.3. The lowest BCUT2D eigenvalue weighted by Gasteiger charge is -2.35. The first kappa shape index (κ1) is 16.3. The predicted molar refractivity (Wildman–Crippen MR) is 78.2 cm³/mol. The summed E-state index contributed by atoms with van der Waals surface area (Å²) in [5.41, 5.74) is -0.416. The number of likely N-dealkylation sites (tertiary alicyclic amines) is 1. The Labute approximate surface area is 117 Å². The average molecular weight is 270 g/mol. The van der Waals surface area contributed by atoms with E-state index in [2.05, 4.69) is 19.2 Å². The second kappa shape index (κ2) is 6.60. The third kappa shape index (κ3) is 4.68. The van der Waals surface area contributed by atoms with Crippen LogP contribution >= 0.6 is 0 Å². The number of nitrogens with one attached hydrogen (secondary N) is 1. The van der Waals surface area contributed by atoms with Gasteiger partial charge in [0.1, 0.15) is 5.60 Å². The molecule has 4 nitrogen and oxygen atoms in total. The van der Waals surface area contributed by atoms with Crippen LogP contribution < -0.4 is 5.32 Å². The van der Waals surface area contributed by atoms with Gasteiger partial charge in [0, 0.05) is 12.6 Å². The Bertz CT molecular complexity index is 297. The largest absolute Gasteiger partial charge is 0.444 e. The molecule has 1 aliphatic rings. The summed E-state index contributed by atoms with van der Waals surface area (Å²) in [5, 5.41) is 3.25. The van der Waals surface area contributed by atoms with Crippen LogP contribution in [-0.2, 0) is 4.74 Å². The summed E-state index contributed by atoms with van der Waals surface area (Å²) in [6.45, 7) is 12.0. The van der Waals surface area contributed by atoms with Crippen molar-refractivity contribution in [1.82, 2.24) is 10.2 Å². The van der Waals surface area contributed by atoms with Gasteiger partial charge in [0.2, 0.25) is 0 Å². The average Bonchev–Trinajstić information content (AvgIpc) is 2.71. The molecule has 2 unspecified atom stereocenters. The third-order valence-corrected chi connectivity index (χ3v) is 3.72. The molecule has 0 saturated carbocycles. The molecule has 1 rings (SSSR count). The highest BCUT2D eigenvalue weighted by Gasteiger charge is 2.37. The number of rotatable bonds is 4. The lowest BCUT2D eigenvalue weighted by molar-refractivity contribution is 0.0153. The highest BCUT2D eigenvalue weighted by atomic mass is 16.6. The summed E-state index contributed by atoms with van der Waals surface area (Å²) < 4.78 is 5.53. The van der Waals surface area contributed by atoms with E-state index in [-0.39, 0.29) is 6.09 Å². The summed E-state index contributed by atoms with van der Waals surface area (Å²) in [5.74, 6) is 1.04. The second-order valence-electron chi connectivity index (χ2n) is 6.85. The van der Waals surface area contributed by atoms with Crippen molar-refractivity contribution in [3.05, 3.63) is 0 Å². The molecule has 0 aliphatic carbocycles. The van der Waals surface area contributed by atoms with Crippen LogP contribution in [-0.4, -0.2) is 42.8 Å². The molecular weight excluding hydrogens is 240 g/mol. The molecule has 0 spiro atoms. The van der Waals surface area contributed by atoms with Crippen LogP contribution in [0.1, 0.15) is 47.5 Å². The quantitative estimate of drug-likeness (QED) is 0.854. The summed E-state index contributed by atoms with van der Waals surface area (Å²) in [4.78, 5) is 14.2. The number of hydrogen-bond donors (Lipinski definition) is 1. The van der Waals surface area contributed by atoms with E-state index in [1.54, 1.807) is 0 Å². The molecule has 112 valence electrons. The van der Waals surface area contributed by atoms with Crippen molar-refractivity contribution in [3.63, 3.8) is 0 Å². The molecule has 0 aromatic carbocycles. The van der Waals surface area contributed by atoms with E-state index in [4.69, 9.17) is 4.74 Å². The van der Waals surface area contributed by atoms with Crippen LogP contribution in [0, 0.1) is 11.8 Å². The van der Waals surface area contributed by atoms with E-state index in [1.807, 2.05) is 32.7 Å². The molecule has 1 heterocycles. The van der Waals surface area contributed by atoms with E-state index in [0.29, 0.717) is 17.9 Å².